The molecule has 4 nitrogen and oxygen atoms in total. The van der Waals surface area contributed by atoms with Crippen molar-refractivity contribution >= 4 is 5.91 Å². The number of carbonyl (C=O) groups is 1. The molecule has 0 rings (SSSR count). The zero-order valence-electron chi connectivity index (χ0n) is 41.2. The van der Waals surface area contributed by atoms with Crippen LogP contribution in [0.4, 0.5) is 0 Å². The molecule has 358 valence electrons. The number of hydrogen-bond donors (Lipinski definition) is 3. The maximum absolute atomic E-state index is 12.5. The highest BCUT2D eigenvalue weighted by Gasteiger charge is 2.18. The van der Waals surface area contributed by atoms with Gasteiger partial charge in [0.2, 0.25) is 5.91 Å². The summed E-state index contributed by atoms with van der Waals surface area (Å²) in [5.41, 5.74) is 0. The van der Waals surface area contributed by atoms with Gasteiger partial charge in [-0.3, -0.25) is 4.79 Å². The van der Waals surface area contributed by atoms with Crippen LogP contribution in [-0.2, 0) is 4.79 Å². The molecule has 1 amide bonds. The summed E-state index contributed by atoms with van der Waals surface area (Å²) in [6, 6.07) is -0.625. The van der Waals surface area contributed by atoms with Gasteiger partial charge < -0.3 is 15.5 Å². The molecule has 0 bridgehead atoms. The number of hydrogen-bond acceptors (Lipinski definition) is 3. The molecule has 0 radical (unpaired) electrons. The highest BCUT2D eigenvalue weighted by atomic mass is 16.3. The van der Waals surface area contributed by atoms with Gasteiger partial charge in [0.15, 0.2) is 0 Å². The normalized spacial score (nSPS) is 13.2. The summed E-state index contributed by atoms with van der Waals surface area (Å²) >= 11 is 0. The number of amides is 1. The van der Waals surface area contributed by atoms with Gasteiger partial charge >= 0.3 is 0 Å². The maximum Gasteiger partial charge on any atom is 0.220 e. The van der Waals surface area contributed by atoms with Gasteiger partial charge in [-0.05, 0) is 57.8 Å². The number of nitrogens with one attached hydrogen (secondary N) is 1. The van der Waals surface area contributed by atoms with E-state index in [1.54, 1.807) is 6.08 Å². The molecule has 0 aliphatic rings. The Hall–Kier alpha value is -1.65. The summed E-state index contributed by atoms with van der Waals surface area (Å²) in [4.78, 5) is 12.5. The highest BCUT2D eigenvalue weighted by Crippen LogP contribution is 2.17. The van der Waals surface area contributed by atoms with Crippen LogP contribution < -0.4 is 5.32 Å². The number of rotatable bonds is 50. The van der Waals surface area contributed by atoms with Gasteiger partial charge in [-0.25, -0.2) is 0 Å². The second-order valence-electron chi connectivity index (χ2n) is 18.7. The van der Waals surface area contributed by atoms with E-state index in [2.05, 4.69) is 55.6 Å². The molecule has 0 fully saturated rings. The van der Waals surface area contributed by atoms with E-state index in [1.807, 2.05) is 6.08 Å². The molecule has 0 aliphatic carbocycles. The minimum absolute atomic E-state index is 0.0637. The first-order chi connectivity index (χ1) is 30.2. The van der Waals surface area contributed by atoms with Crippen LogP contribution in [0.5, 0.6) is 0 Å². The lowest BCUT2D eigenvalue weighted by Gasteiger charge is -2.20. The molecule has 0 aliphatic heterocycles. The van der Waals surface area contributed by atoms with Gasteiger partial charge in [0.1, 0.15) is 0 Å². The van der Waals surface area contributed by atoms with Crippen molar-refractivity contribution in [3.05, 3.63) is 48.6 Å². The molecule has 0 saturated heterocycles. The van der Waals surface area contributed by atoms with Crippen molar-refractivity contribution in [1.82, 2.24) is 5.32 Å². The monoisotopic (exact) mass is 854 g/mol. The Morgan fingerprint density at radius 3 is 1.00 bits per heavy atom. The quantitative estimate of drug-likeness (QED) is 0.0422. The molecule has 0 heterocycles. The fourth-order valence-corrected chi connectivity index (χ4v) is 8.36. The zero-order chi connectivity index (χ0) is 44.2. The van der Waals surface area contributed by atoms with Crippen LogP contribution in [0.3, 0.4) is 0 Å². The molecule has 0 saturated carbocycles. The zero-order valence-corrected chi connectivity index (χ0v) is 41.2. The Bertz CT molecular complexity index is 970. The largest absolute Gasteiger partial charge is 0.394 e. The minimum atomic E-state index is -0.841. The minimum Gasteiger partial charge on any atom is -0.394 e. The van der Waals surface area contributed by atoms with Crippen LogP contribution in [0.15, 0.2) is 48.6 Å². The van der Waals surface area contributed by atoms with Gasteiger partial charge in [-0.15, -0.1) is 0 Å². The molecule has 0 aromatic carbocycles. The fourth-order valence-electron chi connectivity index (χ4n) is 8.36. The number of unbranched alkanes of at least 4 members (excludes halogenated alkanes) is 37. The summed E-state index contributed by atoms with van der Waals surface area (Å²) in [7, 11) is 0. The summed E-state index contributed by atoms with van der Waals surface area (Å²) < 4.78 is 0. The van der Waals surface area contributed by atoms with E-state index < -0.39 is 12.1 Å². The lowest BCUT2D eigenvalue weighted by Crippen LogP contribution is -2.45. The third-order valence-electron chi connectivity index (χ3n) is 12.6. The van der Waals surface area contributed by atoms with Crippen molar-refractivity contribution in [2.75, 3.05) is 6.61 Å². The Morgan fingerprint density at radius 2 is 0.672 bits per heavy atom. The predicted molar refractivity (Wildman–Crippen MR) is 271 cm³/mol. The lowest BCUT2D eigenvalue weighted by atomic mass is 10.0. The molecule has 0 aromatic heterocycles. The van der Waals surface area contributed by atoms with Crippen LogP contribution in [0.1, 0.15) is 290 Å². The van der Waals surface area contributed by atoms with Crippen LogP contribution in [0, 0.1) is 0 Å². The van der Waals surface area contributed by atoms with Crippen molar-refractivity contribution in [3.63, 3.8) is 0 Å². The number of aliphatic hydroxyl groups is 2. The Kier molecular flexibility index (Phi) is 51.3. The van der Waals surface area contributed by atoms with Gasteiger partial charge in [0.05, 0.1) is 18.8 Å². The van der Waals surface area contributed by atoms with Gasteiger partial charge in [0, 0.05) is 6.42 Å². The first-order valence-corrected chi connectivity index (χ1v) is 27.4. The van der Waals surface area contributed by atoms with E-state index in [-0.39, 0.29) is 12.5 Å². The first-order valence-electron chi connectivity index (χ1n) is 27.4. The van der Waals surface area contributed by atoms with Crippen LogP contribution in [0.2, 0.25) is 0 Å². The third kappa shape index (κ3) is 49.2. The molecule has 61 heavy (non-hydrogen) atoms. The van der Waals surface area contributed by atoms with Crippen LogP contribution in [-0.4, -0.2) is 34.9 Å². The van der Waals surface area contributed by atoms with Gasteiger partial charge in [-0.1, -0.05) is 274 Å². The molecule has 3 N–H and O–H groups in total. The lowest BCUT2D eigenvalue weighted by molar-refractivity contribution is -0.123. The average Bonchev–Trinajstić information content (AvgIpc) is 3.26. The number of aliphatic hydroxyl groups excluding tert-OH is 2. The van der Waals surface area contributed by atoms with Crippen molar-refractivity contribution in [2.45, 2.75) is 302 Å². The smallest absolute Gasteiger partial charge is 0.220 e. The van der Waals surface area contributed by atoms with Crippen molar-refractivity contribution in [1.29, 1.82) is 0 Å². The molecule has 2 unspecified atom stereocenters. The average molecular weight is 854 g/mol. The summed E-state index contributed by atoms with van der Waals surface area (Å²) in [6.45, 7) is 4.32. The SMILES string of the molecule is CCCCCCC/C=C\C/C=C\C/C=C\CCCCCCCCCCCCCCC(=O)NC(CO)C(O)/C=C/CCCCCCCCCCCCCCCCCCCCCC. The van der Waals surface area contributed by atoms with E-state index in [0.29, 0.717) is 6.42 Å². The molecule has 4 heteroatoms. The summed E-state index contributed by atoms with van der Waals surface area (Å²) in [6.07, 6.45) is 72.6. The van der Waals surface area contributed by atoms with E-state index in [0.717, 1.165) is 38.5 Å². The van der Waals surface area contributed by atoms with Gasteiger partial charge in [0.25, 0.3) is 0 Å². The van der Waals surface area contributed by atoms with Gasteiger partial charge in [-0.2, -0.15) is 0 Å². The topological polar surface area (TPSA) is 69.6 Å². The van der Waals surface area contributed by atoms with E-state index in [1.165, 1.54) is 231 Å². The first kappa shape index (κ1) is 59.4. The number of allylic oxidation sites excluding steroid dienone is 7. The number of carbonyl (C=O) groups excluding carboxylic acids is 1. The molecule has 2 atom stereocenters. The molecular formula is C57H107NO3. The summed E-state index contributed by atoms with van der Waals surface area (Å²) in [5.74, 6) is -0.0637. The standard InChI is InChI=1S/C57H107NO3/c1-3-5-7-9-11-13-15-17-19-21-23-25-27-28-29-30-31-33-35-37-39-41-43-45-47-49-51-53-57(61)58-55(54-59)56(60)52-50-48-46-44-42-40-38-36-34-32-26-24-22-20-18-16-14-12-10-8-6-4-2/h15,17,21,23,27-28,50,52,55-56,59-60H,3-14,16,18-20,22,24-26,29-49,51,53-54H2,1-2H3,(H,58,61)/b17-15-,23-21-,28-27-,52-50+. The molecule has 0 aromatic rings. The Morgan fingerprint density at radius 1 is 0.393 bits per heavy atom. The molecular weight excluding hydrogens is 747 g/mol. The van der Waals surface area contributed by atoms with Crippen molar-refractivity contribution in [3.8, 4) is 0 Å². The van der Waals surface area contributed by atoms with Crippen LogP contribution >= 0.6 is 0 Å². The fraction of sp³-hybridized carbons (Fsp3) is 0.842. The van der Waals surface area contributed by atoms with E-state index in [4.69, 9.17) is 0 Å². The second kappa shape index (κ2) is 52.7. The van der Waals surface area contributed by atoms with E-state index >= 15 is 0 Å². The highest BCUT2D eigenvalue weighted by molar-refractivity contribution is 5.76. The summed E-state index contributed by atoms with van der Waals surface area (Å²) in [5, 5.41) is 23.2. The Balaban J connectivity index is 3.52. The van der Waals surface area contributed by atoms with Crippen molar-refractivity contribution in [2.24, 2.45) is 0 Å². The van der Waals surface area contributed by atoms with Crippen molar-refractivity contribution < 1.29 is 15.0 Å². The third-order valence-corrected chi connectivity index (χ3v) is 12.6. The van der Waals surface area contributed by atoms with Crippen LogP contribution in [0.25, 0.3) is 0 Å². The maximum atomic E-state index is 12.5. The van der Waals surface area contributed by atoms with E-state index in [9.17, 15) is 15.0 Å². The Labute approximate surface area is 382 Å². The predicted octanol–water partition coefficient (Wildman–Crippen LogP) is 17.9. The second-order valence-corrected chi connectivity index (χ2v) is 18.7. The molecule has 0 spiro atoms.